The Bertz CT molecular complexity index is 256. The minimum absolute atomic E-state index is 0.540. The minimum atomic E-state index is 0.540. The van der Waals surface area contributed by atoms with Gasteiger partial charge >= 0.3 is 0 Å². The van der Waals surface area contributed by atoms with Crippen LogP contribution in [-0.2, 0) is 0 Å². The summed E-state index contributed by atoms with van der Waals surface area (Å²) in [6.07, 6.45) is 6.94. The van der Waals surface area contributed by atoms with E-state index in [0.29, 0.717) is 5.41 Å². The second kappa shape index (κ2) is 4.87. The fraction of sp³-hybridized carbons (Fsp3) is 1.00. The van der Waals surface area contributed by atoms with Crippen LogP contribution >= 0.6 is 0 Å². The topological polar surface area (TPSA) is 27.3 Å². The van der Waals surface area contributed by atoms with Crippen molar-refractivity contribution in [2.24, 2.45) is 5.41 Å². The Labute approximate surface area is 105 Å². The van der Waals surface area contributed by atoms with Gasteiger partial charge in [-0.15, -0.1) is 0 Å². The predicted molar refractivity (Wildman–Crippen MR) is 71.2 cm³/mol. The van der Waals surface area contributed by atoms with E-state index in [2.05, 4.69) is 22.5 Å². The molecule has 2 aliphatic heterocycles. The first-order valence-electron chi connectivity index (χ1n) is 7.43. The smallest absolute Gasteiger partial charge is 0.0207 e. The van der Waals surface area contributed by atoms with Crippen molar-refractivity contribution >= 4 is 0 Å². The Morgan fingerprint density at radius 1 is 1.24 bits per heavy atom. The Hall–Kier alpha value is -0.120. The first-order chi connectivity index (χ1) is 8.25. The largest absolute Gasteiger partial charge is 0.317 e. The Morgan fingerprint density at radius 2 is 2.00 bits per heavy atom. The predicted octanol–water partition coefficient (Wildman–Crippen LogP) is 1.20. The number of nitrogens with one attached hydrogen (secondary N) is 2. The summed E-state index contributed by atoms with van der Waals surface area (Å²) in [5.41, 5.74) is 0.540. The Morgan fingerprint density at radius 3 is 2.71 bits per heavy atom. The molecule has 1 unspecified atom stereocenters. The van der Waals surface area contributed by atoms with E-state index in [1.807, 2.05) is 0 Å². The van der Waals surface area contributed by atoms with Crippen LogP contribution in [-0.4, -0.2) is 49.7 Å². The minimum Gasteiger partial charge on any atom is -0.317 e. The maximum Gasteiger partial charge on any atom is 0.0207 e. The first kappa shape index (κ1) is 11.9. The van der Waals surface area contributed by atoms with Crippen molar-refractivity contribution in [2.45, 2.75) is 51.1 Å². The molecule has 3 nitrogen and oxygen atoms in total. The standard InChI is InChI=1S/C14H27N3/c1-14(5-7-15-8-6-14)11-16-12-4-9-17(10-12)13-2-3-13/h12-13,15-16H,2-11H2,1H3. The summed E-state index contributed by atoms with van der Waals surface area (Å²) >= 11 is 0. The van der Waals surface area contributed by atoms with Crippen LogP contribution in [0.2, 0.25) is 0 Å². The van der Waals surface area contributed by atoms with Gasteiger partial charge in [-0.1, -0.05) is 6.92 Å². The van der Waals surface area contributed by atoms with Gasteiger partial charge in [-0.25, -0.2) is 0 Å². The van der Waals surface area contributed by atoms with Crippen molar-refractivity contribution in [1.29, 1.82) is 0 Å². The molecule has 0 amide bonds. The van der Waals surface area contributed by atoms with E-state index >= 15 is 0 Å². The van der Waals surface area contributed by atoms with Gasteiger partial charge < -0.3 is 10.6 Å². The lowest BCUT2D eigenvalue weighted by Gasteiger charge is -2.35. The SMILES string of the molecule is CC1(CNC2CCN(C3CC3)C2)CCNCC1. The van der Waals surface area contributed by atoms with Gasteiger partial charge in [-0.2, -0.15) is 0 Å². The summed E-state index contributed by atoms with van der Waals surface area (Å²) < 4.78 is 0. The van der Waals surface area contributed by atoms with Crippen molar-refractivity contribution in [3.05, 3.63) is 0 Å². The van der Waals surface area contributed by atoms with Crippen LogP contribution in [0.3, 0.4) is 0 Å². The molecule has 2 heterocycles. The maximum atomic E-state index is 3.84. The second-order valence-electron chi connectivity index (χ2n) is 6.65. The third kappa shape index (κ3) is 3.01. The van der Waals surface area contributed by atoms with Gasteiger partial charge in [-0.3, -0.25) is 4.90 Å². The van der Waals surface area contributed by atoms with Crippen LogP contribution in [0.25, 0.3) is 0 Å². The molecule has 3 rings (SSSR count). The highest BCUT2D eigenvalue weighted by Gasteiger charge is 2.35. The number of rotatable bonds is 4. The van der Waals surface area contributed by atoms with Crippen molar-refractivity contribution in [3.8, 4) is 0 Å². The van der Waals surface area contributed by atoms with Gasteiger partial charge in [0, 0.05) is 31.7 Å². The van der Waals surface area contributed by atoms with Crippen molar-refractivity contribution in [3.63, 3.8) is 0 Å². The molecule has 3 aliphatic rings. The quantitative estimate of drug-likeness (QED) is 0.769. The third-order valence-electron chi connectivity index (χ3n) is 4.91. The molecule has 1 atom stereocenters. The molecule has 98 valence electrons. The number of hydrogen-bond donors (Lipinski definition) is 2. The molecule has 0 bridgehead atoms. The number of hydrogen-bond acceptors (Lipinski definition) is 3. The van der Waals surface area contributed by atoms with E-state index in [1.165, 1.54) is 64.8 Å². The van der Waals surface area contributed by atoms with Crippen LogP contribution in [0.5, 0.6) is 0 Å². The second-order valence-corrected chi connectivity index (χ2v) is 6.65. The summed E-state index contributed by atoms with van der Waals surface area (Å²) in [7, 11) is 0. The van der Waals surface area contributed by atoms with E-state index in [9.17, 15) is 0 Å². The van der Waals surface area contributed by atoms with Crippen molar-refractivity contribution < 1.29 is 0 Å². The zero-order chi connectivity index (χ0) is 11.7. The van der Waals surface area contributed by atoms with Gasteiger partial charge in [0.15, 0.2) is 0 Å². The van der Waals surface area contributed by atoms with Crippen LogP contribution in [0.4, 0.5) is 0 Å². The van der Waals surface area contributed by atoms with Gasteiger partial charge in [0.1, 0.15) is 0 Å². The summed E-state index contributed by atoms with van der Waals surface area (Å²) in [5, 5.41) is 7.30. The van der Waals surface area contributed by atoms with Crippen LogP contribution < -0.4 is 10.6 Å². The molecule has 1 aliphatic carbocycles. The average Bonchev–Trinajstić information content (AvgIpc) is 3.07. The lowest BCUT2D eigenvalue weighted by molar-refractivity contribution is 0.210. The van der Waals surface area contributed by atoms with E-state index < -0.39 is 0 Å². The zero-order valence-electron chi connectivity index (χ0n) is 11.2. The summed E-state index contributed by atoms with van der Waals surface area (Å²) in [6.45, 7) is 8.72. The lowest BCUT2D eigenvalue weighted by Crippen LogP contribution is -2.44. The van der Waals surface area contributed by atoms with E-state index in [0.717, 1.165) is 12.1 Å². The summed E-state index contributed by atoms with van der Waals surface area (Å²) in [5.74, 6) is 0. The highest BCUT2D eigenvalue weighted by atomic mass is 15.2. The van der Waals surface area contributed by atoms with Crippen LogP contribution in [0.1, 0.15) is 39.0 Å². The highest BCUT2D eigenvalue weighted by molar-refractivity contribution is 4.93. The molecule has 0 radical (unpaired) electrons. The molecule has 17 heavy (non-hydrogen) atoms. The molecule has 0 aromatic heterocycles. The molecule has 2 saturated heterocycles. The number of nitrogens with zero attached hydrogens (tertiary/aromatic N) is 1. The Kier molecular flexibility index (Phi) is 3.42. The fourth-order valence-corrected chi connectivity index (χ4v) is 3.32. The molecule has 3 fully saturated rings. The average molecular weight is 237 g/mol. The number of likely N-dealkylation sites (tertiary alicyclic amines) is 1. The third-order valence-corrected chi connectivity index (χ3v) is 4.91. The van der Waals surface area contributed by atoms with Crippen LogP contribution in [0.15, 0.2) is 0 Å². The fourth-order valence-electron chi connectivity index (χ4n) is 3.32. The molecule has 3 heteroatoms. The molecule has 0 aromatic rings. The van der Waals surface area contributed by atoms with E-state index in [-0.39, 0.29) is 0 Å². The monoisotopic (exact) mass is 237 g/mol. The van der Waals surface area contributed by atoms with Gasteiger partial charge in [0.05, 0.1) is 0 Å². The zero-order valence-corrected chi connectivity index (χ0v) is 11.2. The molecule has 2 N–H and O–H groups in total. The highest BCUT2D eigenvalue weighted by Crippen LogP contribution is 2.31. The first-order valence-corrected chi connectivity index (χ1v) is 7.43. The lowest BCUT2D eigenvalue weighted by atomic mass is 9.81. The molecule has 1 saturated carbocycles. The molecule has 0 spiro atoms. The molecular weight excluding hydrogens is 210 g/mol. The van der Waals surface area contributed by atoms with Gasteiger partial charge in [0.2, 0.25) is 0 Å². The Balaban J connectivity index is 1.41. The normalized spacial score (nSPS) is 34.1. The molecular formula is C14H27N3. The van der Waals surface area contributed by atoms with Crippen LogP contribution in [0, 0.1) is 5.41 Å². The number of piperidine rings is 1. The van der Waals surface area contributed by atoms with Gasteiger partial charge in [0.25, 0.3) is 0 Å². The molecule has 0 aromatic carbocycles. The summed E-state index contributed by atoms with van der Waals surface area (Å²) in [6, 6.07) is 1.72. The van der Waals surface area contributed by atoms with Gasteiger partial charge in [-0.05, 0) is 50.6 Å². The van der Waals surface area contributed by atoms with Crippen molar-refractivity contribution in [1.82, 2.24) is 15.5 Å². The van der Waals surface area contributed by atoms with E-state index in [4.69, 9.17) is 0 Å². The summed E-state index contributed by atoms with van der Waals surface area (Å²) in [4.78, 5) is 2.70. The van der Waals surface area contributed by atoms with Crippen molar-refractivity contribution in [2.75, 3.05) is 32.7 Å². The van der Waals surface area contributed by atoms with E-state index in [1.54, 1.807) is 0 Å². The maximum absolute atomic E-state index is 3.84.